The Morgan fingerprint density at radius 1 is 1.06 bits per heavy atom. The molecule has 0 bridgehead atoms. The number of methoxy groups -OCH3 is 1. The summed E-state index contributed by atoms with van der Waals surface area (Å²) in [5, 5.41) is 5.52. The summed E-state index contributed by atoms with van der Waals surface area (Å²) >= 11 is 5.24. The zero-order chi connectivity index (χ0) is 25.3. The van der Waals surface area contributed by atoms with Gasteiger partial charge in [0.1, 0.15) is 5.75 Å². The number of hydrogen-bond acceptors (Lipinski definition) is 8. The molecule has 0 saturated heterocycles. The lowest BCUT2D eigenvalue weighted by Crippen LogP contribution is -2.34. The van der Waals surface area contributed by atoms with Crippen molar-refractivity contribution >= 4 is 44.8 Å². The minimum absolute atomic E-state index is 0.0103. The third-order valence-corrected chi connectivity index (χ3v) is 6.18. The first-order chi connectivity index (χ1) is 16.8. The number of carbonyl (C=O) groups excluding carboxylic acids is 1. The Morgan fingerprint density at radius 2 is 1.77 bits per heavy atom. The molecule has 1 amide bonds. The highest BCUT2D eigenvalue weighted by atomic mass is 32.2. The molecular weight excluding hydrogens is 490 g/mol. The minimum Gasteiger partial charge on any atom is -0.493 e. The second-order valence-electron chi connectivity index (χ2n) is 7.15. The van der Waals surface area contributed by atoms with Gasteiger partial charge in [0.25, 0.3) is 21.8 Å². The van der Waals surface area contributed by atoms with E-state index in [1.165, 1.54) is 43.8 Å². The molecular formula is C23H25N5O5S2. The van der Waals surface area contributed by atoms with Gasteiger partial charge in [0.15, 0.2) is 5.11 Å². The maximum Gasteiger partial charge on any atom is 0.263 e. The summed E-state index contributed by atoms with van der Waals surface area (Å²) < 4.78 is 38.4. The lowest BCUT2D eigenvalue weighted by atomic mass is 10.2. The van der Waals surface area contributed by atoms with Crippen molar-refractivity contribution in [2.45, 2.75) is 24.7 Å². The molecule has 3 N–H and O–H groups in total. The lowest BCUT2D eigenvalue weighted by Gasteiger charge is -2.13. The van der Waals surface area contributed by atoms with Crippen molar-refractivity contribution in [3.63, 3.8) is 0 Å². The van der Waals surface area contributed by atoms with Gasteiger partial charge in [-0.15, -0.1) is 0 Å². The molecule has 1 heterocycles. The van der Waals surface area contributed by atoms with E-state index in [-0.39, 0.29) is 21.7 Å². The number of hydrogen-bond donors (Lipinski definition) is 3. The molecule has 0 aliphatic carbocycles. The Hall–Kier alpha value is -3.77. The maximum atomic E-state index is 12.7. The molecule has 3 aromatic rings. The first-order valence-electron chi connectivity index (χ1n) is 10.7. The quantitative estimate of drug-likeness (QED) is 0.274. The number of unbranched alkanes of at least 4 members (excludes halogenated alkanes) is 1. The van der Waals surface area contributed by atoms with E-state index in [9.17, 15) is 13.2 Å². The van der Waals surface area contributed by atoms with Crippen LogP contribution in [0.5, 0.6) is 11.6 Å². The highest BCUT2D eigenvalue weighted by Crippen LogP contribution is 2.22. The fourth-order valence-corrected chi connectivity index (χ4v) is 4.10. The van der Waals surface area contributed by atoms with Crippen molar-refractivity contribution < 1.29 is 22.7 Å². The largest absolute Gasteiger partial charge is 0.493 e. The summed E-state index contributed by atoms with van der Waals surface area (Å²) in [4.78, 5) is 20.5. The second kappa shape index (κ2) is 12.1. The first-order valence-corrected chi connectivity index (χ1v) is 12.5. The molecule has 0 atom stereocenters. The van der Waals surface area contributed by atoms with E-state index in [2.05, 4.69) is 32.2 Å². The molecule has 1 aromatic heterocycles. The minimum atomic E-state index is -3.94. The average Bonchev–Trinajstić information content (AvgIpc) is 2.85. The fourth-order valence-electron chi connectivity index (χ4n) is 2.89. The SMILES string of the molecule is CCCCOc1ccccc1C(=O)NC(=S)Nc1ccc(S(=O)(=O)Nc2nccnc2OC)cc1. The Kier molecular flexibility index (Phi) is 8.92. The molecule has 0 unspecified atom stereocenters. The van der Waals surface area contributed by atoms with E-state index in [1.807, 2.05) is 0 Å². The summed E-state index contributed by atoms with van der Waals surface area (Å²) in [5.41, 5.74) is 0.846. The van der Waals surface area contributed by atoms with Crippen LogP contribution in [0.4, 0.5) is 11.5 Å². The fraction of sp³-hybridized carbons (Fsp3) is 0.217. The molecule has 10 nitrogen and oxygen atoms in total. The first kappa shape index (κ1) is 25.8. The molecule has 0 aliphatic heterocycles. The van der Waals surface area contributed by atoms with Crippen LogP contribution < -0.4 is 24.8 Å². The molecule has 0 saturated carbocycles. The van der Waals surface area contributed by atoms with Gasteiger partial charge in [-0.25, -0.2) is 18.4 Å². The number of ether oxygens (including phenoxy) is 2. The summed E-state index contributed by atoms with van der Waals surface area (Å²) in [6.45, 7) is 2.57. The van der Waals surface area contributed by atoms with Crippen molar-refractivity contribution in [3.8, 4) is 11.6 Å². The van der Waals surface area contributed by atoms with Gasteiger partial charge in [0, 0.05) is 18.1 Å². The van der Waals surface area contributed by atoms with Crippen LogP contribution in [0.1, 0.15) is 30.1 Å². The zero-order valence-electron chi connectivity index (χ0n) is 19.1. The molecule has 3 rings (SSSR count). The number of rotatable bonds is 10. The van der Waals surface area contributed by atoms with E-state index >= 15 is 0 Å². The number of aromatic nitrogens is 2. The topological polar surface area (TPSA) is 132 Å². The number of nitrogens with zero attached hydrogens (tertiary/aromatic N) is 2. The van der Waals surface area contributed by atoms with E-state index < -0.39 is 15.9 Å². The highest BCUT2D eigenvalue weighted by Gasteiger charge is 2.18. The van der Waals surface area contributed by atoms with E-state index in [0.29, 0.717) is 23.6 Å². The van der Waals surface area contributed by atoms with Gasteiger partial charge in [-0.1, -0.05) is 25.5 Å². The molecule has 35 heavy (non-hydrogen) atoms. The van der Waals surface area contributed by atoms with E-state index in [0.717, 1.165) is 12.8 Å². The van der Waals surface area contributed by atoms with Gasteiger partial charge in [-0.3, -0.25) is 14.8 Å². The molecule has 0 radical (unpaired) electrons. The van der Waals surface area contributed by atoms with Gasteiger partial charge in [0.05, 0.1) is 24.2 Å². The van der Waals surface area contributed by atoms with Gasteiger partial charge < -0.3 is 14.8 Å². The van der Waals surface area contributed by atoms with Crippen LogP contribution in [0.3, 0.4) is 0 Å². The predicted octanol–water partition coefficient (Wildman–Crippen LogP) is 3.59. The Bertz CT molecular complexity index is 1280. The maximum absolute atomic E-state index is 12.7. The number of carbonyl (C=O) groups is 1. The van der Waals surface area contributed by atoms with Crippen LogP contribution in [0, 0.1) is 0 Å². The van der Waals surface area contributed by atoms with E-state index in [1.54, 1.807) is 24.3 Å². The molecule has 12 heteroatoms. The third kappa shape index (κ3) is 7.11. The lowest BCUT2D eigenvalue weighted by molar-refractivity contribution is 0.0973. The van der Waals surface area contributed by atoms with Crippen LogP contribution >= 0.6 is 12.2 Å². The Labute approximate surface area is 209 Å². The number of para-hydroxylation sites is 1. The summed E-state index contributed by atoms with van der Waals surface area (Å²) in [5.74, 6) is 0.0757. The summed E-state index contributed by atoms with van der Waals surface area (Å²) in [6, 6.07) is 12.7. The zero-order valence-corrected chi connectivity index (χ0v) is 20.8. The van der Waals surface area contributed by atoms with Gasteiger partial charge in [-0.2, -0.15) is 0 Å². The standard InChI is InChI=1S/C23H25N5O5S2/c1-3-4-15-33-19-8-6-5-7-18(19)21(29)27-23(34)26-16-9-11-17(12-10-16)35(30,31)28-20-22(32-2)25-14-13-24-20/h5-14H,3-4,15H2,1-2H3,(H,24,28)(H2,26,27,29,34). The number of benzene rings is 2. The smallest absolute Gasteiger partial charge is 0.263 e. The molecule has 184 valence electrons. The third-order valence-electron chi connectivity index (χ3n) is 4.63. The average molecular weight is 516 g/mol. The summed E-state index contributed by atoms with van der Waals surface area (Å²) in [7, 11) is -2.57. The highest BCUT2D eigenvalue weighted by molar-refractivity contribution is 7.92. The van der Waals surface area contributed by atoms with Crippen LogP contribution in [0.2, 0.25) is 0 Å². The van der Waals surface area contributed by atoms with Crippen molar-refractivity contribution in [1.82, 2.24) is 15.3 Å². The molecule has 0 spiro atoms. The number of amides is 1. The van der Waals surface area contributed by atoms with E-state index in [4.69, 9.17) is 21.7 Å². The Balaban J connectivity index is 1.63. The molecule has 0 fully saturated rings. The number of thiocarbonyl (C=S) groups is 1. The number of nitrogens with one attached hydrogen (secondary N) is 3. The van der Waals surface area contributed by atoms with Crippen molar-refractivity contribution in [1.29, 1.82) is 0 Å². The van der Waals surface area contributed by atoms with Gasteiger partial charge in [0.2, 0.25) is 5.82 Å². The number of anilines is 2. The Morgan fingerprint density at radius 3 is 2.49 bits per heavy atom. The summed E-state index contributed by atoms with van der Waals surface area (Å²) in [6.07, 6.45) is 4.59. The van der Waals surface area contributed by atoms with Gasteiger partial charge >= 0.3 is 0 Å². The van der Waals surface area contributed by atoms with Gasteiger partial charge in [-0.05, 0) is 55.0 Å². The van der Waals surface area contributed by atoms with Crippen molar-refractivity contribution in [2.75, 3.05) is 23.8 Å². The number of sulfonamides is 1. The molecule has 2 aromatic carbocycles. The van der Waals surface area contributed by atoms with Crippen LogP contribution in [0.25, 0.3) is 0 Å². The van der Waals surface area contributed by atoms with Crippen LogP contribution in [-0.2, 0) is 10.0 Å². The monoisotopic (exact) mass is 515 g/mol. The molecule has 0 aliphatic rings. The van der Waals surface area contributed by atoms with Crippen molar-refractivity contribution in [3.05, 3.63) is 66.5 Å². The second-order valence-corrected chi connectivity index (χ2v) is 9.24. The predicted molar refractivity (Wildman–Crippen MR) is 136 cm³/mol. The van der Waals surface area contributed by atoms with Crippen LogP contribution in [-0.4, -0.2) is 43.1 Å². The van der Waals surface area contributed by atoms with Crippen molar-refractivity contribution in [2.24, 2.45) is 0 Å². The normalized spacial score (nSPS) is 10.8. The van der Waals surface area contributed by atoms with Crippen LogP contribution in [0.15, 0.2) is 65.8 Å².